The molecule has 0 unspecified atom stereocenters. The van der Waals surface area contributed by atoms with Crippen LogP contribution in [0.3, 0.4) is 0 Å². The van der Waals surface area contributed by atoms with Gasteiger partial charge in [0.05, 0.1) is 17.5 Å². The van der Waals surface area contributed by atoms with E-state index in [4.69, 9.17) is 11.0 Å². The fraction of sp³-hybridized carbons (Fsp3) is 0.250. The highest BCUT2D eigenvalue weighted by molar-refractivity contribution is 5.67. The molecule has 1 aromatic rings. The van der Waals surface area contributed by atoms with Crippen LogP contribution in [0.5, 0.6) is 0 Å². The summed E-state index contributed by atoms with van der Waals surface area (Å²) in [5.74, 6) is 0. The van der Waals surface area contributed by atoms with E-state index in [-0.39, 0.29) is 0 Å². The third-order valence-electron chi connectivity index (χ3n) is 1.64. The molecule has 0 aliphatic heterocycles. The van der Waals surface area contributed by atoms with Crippen LogP contribution in [0.15, 0.2) is 6.08 Å². The Hall–Kier alpha value is -1.76. The molecule has 0 aromatic carbocycles. The van der Waals surface area contributed by atoms with Crippen LogP contribution < -0.4 is 5.73 Å². The molecule has 0 saturated heterocycles. The summed E-state index contributed by atoms with van der Waals surface area (Å²) in [6, 6.07) is 1.88. The maximum atomic E-state index is 8.38. The molecule has 0 fully saturated rings. The monoisotopic (exact) mass is 162 g/mol. The van der Waals surface area contributed by atoms with Crippen molar-refractivity contribution in [1.29, 1.82) is 5.26 Å². The summed E-state index contributed by atoms with van der Waals surface area (Å²) in [6.45, 7) is 3.71. The number of aromatic nitrogens is 2. The fourth-order valence-corrected chi connectivity index (χ4v) is 1.12. The maximum absolute atomic E-state index is 8.38. The second-order valence-corrected chi connectivity index (χ2v) is 2.54. The summed E-state index contributed by atoms with van der Waals surface area (Å²) in [5.41, 5.74) is 8.62. The van der Waals surface area contributed by atoms with Gasteiger partial charge in [-0.15, -0.1) is 0 Å². The van der Waals surface area contributed by atoms with Crippen molar-refractivity contribution >= 4 is 5.70 Å². The molecular weight excluding hydrogens is 152 g/mol. The molecule has 0 radical (unpaired) electrons. The Morgan fingerprint density at radius 3 is 2.75 bits per heavy atom. The summed E-state index contributed by atoms with van der Waals surface area (Å²) in [5, 5.41) is 15.1. The van der Waals surface area contributed by atoms with Gasteiger partial charge in [0.2, 0.25) is 0 Å². The lowest BCUT2D eigenvalue weighted by Crippen LogP contribution is -1.98. The molecule has 1 aromatic heterocycles. The number of nitrogens with zero attached hydrogens (tertiary/aromatic N) is 2. The second-order valence-electron chi connectivity index (χ2n) is 2.54. The first-order valence-corrected chi connectivity index (χ1v) is 3.54. The molecule has 0 saturated carbocycles. The first kappa shape index (κ1) is 8.34. The van der Waals surface area contributed by atoms with Gasteiger partial charge >= 0.3 is 0 Å². The summed E-state index contributed by atoms with van der Waals surface area (Å²) < 4.78 is 0. The van der Waals surface area contributed by atoms with E-state index in [9.17, 15) is 0 Å². The van der Waals surface area contributed by atoms with Gasteiger partial charge in [-0.2, -0.15) is 10.4 Å². The van der Waals surface area contributed by atoms with Gasteiger partial charge in [0.1, 0.15) is 0 Å². The van der Waals surface area contributed by atoms with Crippen molar-refractivity contribution < 1.29 is 0 Å². The molecular formula is C8H10N4. The Labute approximate surface area is 70.7 Å². The molecule has 0 atom stereocenters. The Bertz CT molecular complexity index is 334. The van der Waals surface area contributed by atoms with Gasteiger partial charge in [0, 0.05) is 17.3 Å². The molecule has 0 amide bonds. The van der Waals surface area contributed by atoms with Crippen LogP contribution >= 0.6 is 0 Å². The SMILES string of the molecule is Cc1n[nH]c(C)c1C(N)=CC#N. The fourth-order valence-electron chi connectivity index (χ4n) is 1.12. The third-order valence-corrected chi connectivity index (χ3v) is 1.64. The molecule has 0 spiro atoms. The van der Waals surface area contributed by atoms with Crippen molar-refractivity contribution in [3.8, 4) is 6.07 Å². The van der Waals surface area contributed by atoms with Gasteiger partial charge in [0.15, 0.2) is 0 Å². The summed E-state index contributed by atoms with van der Waals surface area (Å²) in [4.78, 5) is 0. The zero-order valence-corrected chi connectivity index (χ0v) is 7.05. The van der Waals surface area contributed by atoms with Crippen molar-refractivity contribution in [3.05, 3.63) is 23.0 Å². The van der Waals surface area contributed by atoms with Crippen molar-refractivity contribution in [2.45, 2.75) is 13.8 Å². The van der Waals surface area contributed by atoms with Crippen LogP contribution in [0.25, 0.3) is 5.70 Å². The number of nitrogens with one attached hydrogen (secondary N) is 1. The number of aromatic amines is 1. The van der Waals surface area contributed by atoms with Crippen molar-refractivity contribution in [2.75, 3.05) is 0 Å². The second kappa shape index (κ2) is 3.09. The Morgan fingerprint density at radius 1 is 1.67 bits per heavy atom. The molecule has 0 aliphatic rings. The van der Waals surface area contributed by atoms with Crippen LogP contribution in [0, 0.1) is 25.2 Å². The largest absolute Gasteiger partial charge is 0.398 e. The lowest BCUT2D eigenvalue weighted by Gasteiger charge is -1.97. The molecule has 62 valence electrons. The number of H-pyrrole nitrogens is 1. The lowest BCUT2D eigenvalue weighted by molar-refractivity contribution is 1.02. The molecule has 1 heterocycles. The van der Waals surface area contributed by atoms with Crippen LogP contribution in [0.2, 0.25) is 0 Å². The van der Waals surface area contributed by atoms with Gasteiger partial charge in [-0.25, -0.2) is 0 Å². The predicted octanol–water partition coefficient (Wildman–Crippen LogP) is 0.850. The van der Waals surface area contributed by atoms with E-state index in [0.717, 1.165) is 17.0 Å². The van der Waals surface area contributed by atoms with E-state index in [2.05, 4.69) is 10.2 Å². The molecule has 1 rings (SSSR count). The number of aryl methyl sites for hydroxylation is 2. The number of nitriles is 1. The minimum Gasteiger partial charge on any atom is -0.398 e. The van der Waals surface area contributed by atoms with E-state index in [1.165, 1.54) is 6.08 Å². The van der Waals surface area contributed by atoms with E-state index in [0.29, 0.717) is 5.70 Å². The third kappa shape index (κ3) is 1.30. The van der Waals surface area contributed by atoms with Crippen molar-refractivity contribution in [2.24, 2.45) is 5.73 Å². The maximum Gasteiger partial charge on any atom is 0.0933 e. The minimum absolute atomic E-state index is 0.459. The first-order chi connectivity index (χ1) is 5.66. The summed E-state index contributed by atoms with van der Waals surface area (Å²) in [6.07, 6.45) is 1.31. The number of hydrogen-bond acceptors (Lipinski definition) is 3. The standard InChI is InChI=1S/C8H10N4/c1-5-8(6(2)12-11-5)7(10)3-4-9/h3H,10H2,1-2H3,(H,11,12). The number of nitrogens with two attached hydrogens (primary N) is 1. The topological polar surface area (TPSA) is 78.5 Å². The Kier molecular flexibility index (Phi) is 2.15. The van der Waals surface area contributed by atoms with Crippen LogP contribution in [-0.4, -0.2) is 10.2 Å². The van der Waals surface area contributed by atoms with Gasteiger partial charge < -0.3 is 5.73 Å². The molecule has 4 heteroatoms. The average Bonchev–Trinajstić information content (AvgIpc) is 2.32. The van der Waals surface area contributed by atoms with Crippen molar-refractivity contribution in [1.82, 2.24) is 10.2 Å². The van der Waals surface area contributed by atoms with E-state index >= 15 is 0 Å². The van der Waals surface area contributed by atoms with E-state index in [1.807, 2.05) is 19.9 Å². The highest BCUT2D eigenvalue weighted by Gasteiger charge is 2.07. The van der Waals surface area contributed by atoms with Crippen LogP contribution in [0.4, 0.5) is 0 Å². The number of hydrogen-bond donors (Lipinski definition) is 2. The lowest BCUT2D eigenvalue weighted by atomic mass is 10.1. The highest BCUT2D eigenvalue weighted by atomic mass is 15.1. The smallest absolute Gasteiger partial charge is 0.0933 e. The normalized spacial score (nSPS) is 11.2. The van der Waals surface area contributed by atoms with Gasteiger partial charge in [-0.3, -0.25) is 5.10 Å². The van der Waals surface area contributed by atoms with Crippen LogP contribution in [0.1, 0.15) is 17.0 Å². The zero-order chi connectivity index (χ0) is 9.14. The highest BCUT2D eigenvalue weighted by Crippen LogP contribution is 2.15. The van der Waals surface area contributed by atoms with Gasteiger partial charge in [0.25, 0.3) is 0 Å². The van der Waals surface area contributed by atoms with Gasteiger partial charge in [-0.05, 0) is 13.8 Å². The molecule has 12 heavy (non-hydrogen) atoms. The molecule has 4 nitrogen and oxygen atoms in total. The average molecular weight is 162 g/mol. The Balaban J connectivity index is 3.20. The predicted molar refractivity (Wildman–Crippen MR) is 45.8 cm³/mol. The van der Waals surface area contributed by atoms with Crippen LogP contribution in [-0.2, 0) is 0 Å². The quantitative estimate of drug-likeness (QED) is 0.601. The van der Waals surface area contributed by atoms with Gasteiger partial charge in [-0.1, -0.05) is 0 Å². The van der Waals surface area contributed by atoms with E-state index < -0.39 is 0 Å². The summed E-state index contributed by atoms with van der Waals surface area (Å²) in [7, 11) is 0. The Morgan fingerprint density at radius 2 is 2.33 bits per heavy atom. The molecule has 0 bridgehead atoms. The number of rotatable bonds is 1. The van der Waals surface area contributed by atoms with E-state index in [1.54, 1.807) is 0 Å². The first-order valence-electron chi connectivity index (χ1n) is 3.54. The number of allylic oxidation sites excluding steroid dienone is 1. The zero-order valence-electron chi connectivity index (χ0n) is 7.05. The summed E-state index contributed by atoms with van der Waals surface area (Å²) >= 11 is 0. The minimum atomic E-state index is 0.459. The van der Waals surface area contributed by atoms with Crippen molar-refractivity contribution in [3.63, 3.8) is 0 Å². The molecule has 0 aliphatic carbocycles. The molecule has 3 N–H and O–H groups in total.